The molecule has 0 aliphatic rings. The zero-order valence-electron chi connectivity index (χ0n) is 9.61. The Bertz CT molecular complexity index is 457. The van der Waals surface area contributed by atoms with Crippen molar-refractivity contribution in [2.45, 2.75) is 19.3 Å². The van der Waals surface area contributed by atoms with E-state index in [1.54, 1.807) is 6.07 Å². The number of carboxylic acid groups (broad SMARTS) is 1. The van der Waals surface area contributed by atoms with Gasteiger partial charge in [0.15, 0.2) is 0 Å². The third kappa shape index (κ3) is 3.51. The van der Waals surface area contributed by atoms with Crippen LogP contribution in [0.2, 0.25) is 0 Å². The summed E-state index contributed by atoms with van der Waals surface area (Å²) in [6.07, 6.45) is 0.233. The van der Waals surface area contributed by atoms with Crippen LogP contribution in [0, 0.1) is 0 Å². The molecule has 0 saturated carbocycles. The standard InChI is InChI=1S/C12H12F2O4/c1-8(15)18-6-5-9-3-2-4-10(7-9)12(13,14)11(16)17/h2-4,7H,5-6H2,1H3,(H,16,17)/p-1. The largest absolute Gasteiger partial charge is 0.544 e. The number of aliphatic carboxylic acids is 1. The summed E-state index contributed by atoms with van der Waals surface area (Å²) in [4.78, 5) is 20.8. The van der Waals surface area contributed by atoms with Gasteiger partial charge in [-0.15, -0.1) is 0 Å². The van der Waals surface area contributed by atoms with Crippen molar-refractivity contribution in [1.29, 1.82) is 0 Å². The lowest BCUT2D eigenvalue weighted by molar-refractivity contribution is -0.331. The van der Waals surface area contributed by atoms with Crippen LogP contribution >= 0.6 is 0 Å². The third-order valence-electron chi connectivity index (χ3n) is 2.24. The molecule has 0 bridgehead atoms. The van der Waals surface area contributed by atoms with Crippen LogP contribution in [0.1, 0.15) is 18.1 Å². The lowest BCUT2D eigenvalue weighted by Gasteiger charge is -2.18. The lowest BCUT2D eigenvalue weighted by Crippen LogP contribution is -2.39. The number of carbonyl (C=O) groups is 2. The second-order valence-corrected chi connectivity index (χ2v) is 3.65. The van der Waals surface area contributed by atoms with Gasteiger partial charge in [-0.3, -0.25) is 4.79 Å². The highest BCUT2D eigenvalue weighted by atomic mass is 19.3. The maximum absolute atomic E-state index is 13.2. The maximum Gasteiger partial charge on any atom is 0.312 e. The summed E-state index contributed by atoms with van der Waals surface area (Å²) in [5.74, 6) is -6.94. The molecule has 0 radical (unpaired) electrons. The summed E-state index contributed by atoms with van der Waals surface area (Å²) in [7, 11) is 0. The maximum atomic E-state index is 13.2. The van der Waals surface area contributed by atoms with Gasteiger partial charge < -0.3 is 14.6 Å². The average Bonchev–Trinajstić information content (AvgIpc) is 2.28. The van der Waals surface area contributed by atoms with Crippen molar-refractivity contribution in [3.8, 4) is 0 Å². The number of hydrogen-bond acceptors (Lipinski definition) is 4. The zero-order valence-corrected chi connectivity index (χ0v) is 9.61. The highest BCUT2D eigenvalue weighted by molar-refractivity contribution is 5.75. The number of ether oxygens (including phenoxy) is 1. The van der Waals surface area contributed by atoms with Gasteiger partial charge in [0.1, 0.15) is 5.97 Å². The van der Waals surface area contributed by atoms with Crippen LogP contribution in [0.25, 0.3) is 0 Å². The molecule has 0 spiro atoms. The summed E-state index contributed by atoms with van der Waals surface area (Å²) in [6.45, 7) is 1.29. The first kappa shape index (κ1) is 14.1. The van der Waals surface area contributed by atoms with E-state index < -0.39 is 23.4 Å². The van der Waals surface area contributed by atoms with Crippen LogP contribution in [0.3, 0.4) is 0 Å². The molecule has 0 unspecified atom stereocenters. The van der Waals surface area contributed by atoms with Crippen LogP contribution in [0.5, 0.6) is 0 Å². The highest BCUT2D eigenvalue weighted by Gasteiger charge is 2.33. The minimum absolute atomic E-state index is 0.0513. The van der Waals surface area contributed by atoms with Crippen molar-refractivity contribution in [2.24, 2.45) is 0 Å². The Hall–Kier alpha value is -1.98. The number of rotatable bonds is 5. The first-order valence-corrected chi connectivity index (χ1v) is 5.16. The number of esters is 1. The minimum Gasteiger partial charge on any atom is -0.544 e. The van der Waals surface area contributed by atoms with Crippen LogP contribution in [0.15, 0.2) is 24.3 Å². The molecular weight excluding hydrogens is 246 g/mol. The molecule has 0 heterocycles. The normalized spacial score (nSPS) is 11.1. The van der Waals surface area contributed by atoms with E-state index in [0.717, 1.165) is 12.1 Å². The van der Waals surface area contributed by atoms with E-state index in [1.807, 2.05) is 0 Å². The Kier molecular flexibility index (Phi) is 4.36. The number of hydrogen-bond donors (Lipinski definition) is 0. The molecule has 0 amide bonds. The smallest absolute Gasteiger partial charge is 0.312 e. The van der Waals surface area contributed by atoms with Crippen molar-refractivity contribution in [1.82, 2.24) is 0 Å². The molecule has 0 aromatic heterocycles. The summed E-state index contributed by atoms with van der Waals surface area (Å²) < 4.78 is 31.0. The monoisotopic (exact) mass is 257 g/mol. The van der Waals surface area contributed by atoms with Gasteiger partial charge in [0, 0.05) is 18.9 Å². The van der Waals surface area contributed by atoms with E-state index in [2.05, 4.69) is 4.74 Å². The number of benzene rings is 1. The molecule has 0 fully saturated rings. The Morgan fingerprint density at radius 3 is 2.61 bits per heavy atom. The van der Waals surface area contributed by atoms with Gasteiger partial charge in [-0.1, -0.05) is 18.2 Å². The van der Waals surface area contributed by atoms with Crippen LogP contribution in [-0.2, 0) is 26.7 Å². The van der Waals surface area contributed by atoms with E-state index in [4.69, 9.17) is 0 Å². The molecule has 0 N–H and O–H groups in total. The van der Waals surface area contributed by atoms with E-state index in [1.165, 1.54) is 13.0 Å². The van der Waals surface area contributed by atoms with E-state index >= 15 is 0 Å². The number of carboxylic acids is 1. The van der Waals surface area contributed by atoms with Gasteiger partial charge in [-0.25, -0.2) is 0 Å². The SMILES string of the molecule is CC(=O)OCCc1cccc(C(F)(F)C(=O)[O-])c1. The van der Waals surface area contributed by atoms with E-state index in [-0.39, 0.29) is 13.0 Å². The van der Waals surface area contributed by atoms with Gasteiger partial charge in [0.05, 0.1) is 6.61 Å². The molecule has 1 aromatic carbocycles. The fourth-order valence-electron chi connectivity index (χ4n) is 1.35. The molecule has 98 valence electrons. The van der Waals surface area contributed by atoms with E-state index in [9.17, 15) is 23.5 Å². The Morgan fingerprint density at radius 1 is 1.39 bits per heavy atom. The Balaban J connectivity index is 2.79. The molecule has 0 atom stereocenters. The number of alkyl halides is 2. The fraction of sp³-hybridized carbons (Fsp3) is 0.333. The third-order valence-corrected chi connectivity index (χ3v) is 2.24. The number of halogens is 2. The van der Waals surface area contributed by atoms with Gasteiger partial charge in [-0.2, -0.15) is 8.78 Å². The predicted molar refractivity (Wildman–Crippen MR) is 55.7 cm³/mol. The molecule has 0 saturated heterocycles. The summed E-state index contributed by atoms with van der Waals surface area (Å²) in [5, 5.41) is 10.3. The lowest BCUT2D eigenvalue weighted by atomic mass is 10.0. The molecule has 0 aliphatic carbocycles. The minimum atomic E-state index is -4.03. The Morgan fingerprint density at radius 2 is 2.06 bits per heavy atom. The molecule has 18 heavy (non-hydrogen) atoms. The van der Waals surface area contributed by atoms with Gasteiger partial charge in [-0.05, 0) is 11.6 Å². The summed E-state index contributed by atoms with van der Waals surface area (Å²) in [6, 6.07) is 4.91. The molecular formula is C12H11F2O4-. The van der Waals surface area contributed by atoms with Crippen LogP contribution in [0.4, 0.5) is 8.78 Å². The Labute approximate surface area is 102 Å². The fourth-order valence-corrected chi connectivity index (χ4v) is 1.35. The molecule has 1 rings (SSSR count). The quantitative estimate of drug-likeness (QED) is 0.726. The second-order valence-electron chi connectivity index (χ2n) is 3.65. The summed E-state index contributed by atoms with van der Waals surface area (Å²) in [5.41, 5.74) is -0.197. The molecule has 1 aromatic rings. The molecule has 0 aliphatic heterocycles. The zero-order chi connectivity index (χ0) is 13.8. The highest BCUT2D eigenvalue weighted by Crippen LogP contribution is 2.27. The van der Waals surface area contributed by atoms with Gasteiger partial charge >= 0.3 is 11.9 Å². The molecule has 6 heteroatoms. The molecule has 4 nitrogen and oxygen atoms in total. The topological polar surface area (TPSA) is 66.4 Å². The van der Waals surface area contributed by atoms with Gasteiger partial charge in [0.25, 0.3) is 0 Å². The van der Waals surface area contributed by atoms with Crippen molar-refractivity contribution < 1.29 is 28.2 Å². The van der Waals surface area contributed by atoms with Gasteiger partial charge in [0.2, 0.25) is 0 Å². The van der Waals surface area contributed by atoms with Crippen LogP contribution < -0.4 is 5.11 Å². The van der Waals surface area contributed by atoms with Crippen molar-refractivity contribution >= 4 is 11.9 Å². The number of carbonyl (C=O) groups excluding carboxylic acids is 2. The predicted octanol–water partition coefficient (Wildman–Crippen LogP) is 0.634. The first-order valence-electron chi connectivity index (χ1n) is 5.16. The van der Waals surface area contributed by atoms with Crippen molar-refractivity contribution in [3.63, 3.8) is 0 Å². The van der Waals surface area contributed by atoms with E-state index in [0.29, 0.717) is 5.56 Å². The van der Waals surface area contributed by atoms with Crippen molar-refractivity contribution in [2.75, 3.05) is 6.61 Å². The van der Waals surface area contributed by atoms with Crippen molar-refractivity contribution in [3.05, 3.63) is 35.4 Å². The van der Waals surface area contributed by atoms with Crippen LogP contribution in [-0.4, -0.2) is 18.5 Å². The second kappa shape index (κ2) is 5.57. The summed E-state index contributed by atoms with van der Waals surface area (Å²) >= 11 is 0. The first-order chi connectivity index (χ1) is 8.34. The average molecular weight is 257 g/mol.